The lowest BCUT2D eigenvalue weighted by Crippen LogP contribution is -2.41. The predicted molar refractivity (Wildman–Crippen MR) is 71.8 cm³/mol. The molecule has 0 unspecified atom stereocenters. The van der Waals surface area contributed by atoms with Crippen LogP contribution in [0.1, 0.15) is 54.4 Å². The molecule has 15 heavy (non-hydrogen) atoms. The van der Waals surface area contributed by atoms with Gasteiger partial charge in [-0.15, -0.1) is 0 Å². The number of hydrogen-bond donors (Lipinski definition) is 0. The molecule has 0 aromatic rings. The van der Waals surface area contributed by atoms with Gasteiger partial charge in [0.05, 0.1) is 0 Å². The molecule has 0 aromatic heterocycles. The summed E-state index contributed by atoms with van der Waals surface area (Å²) in [7, 11) is -1.52. The van der Waals surface area contributed by atoms with Gasteiger partial charge in [0.25, 0.3) is 0 Å². The van der Waals surface area contributed by atoms with Gasteiger partial charge >= 0.3 is 0 Å². The van der Waals surface area contributed by atoms with Crippen LogP contribution in [0.3, 0.4) is 0 Å². The molecule has 0 atom stereocenters. The Morgan fingerprint density at radius 1 is 1.00 bits per heavy atom. The zero-order valence-corrected chi connectivity index (χ0v) is 13.0. The minimum absolute atomic E-state index is 0.337. The monoisotopic (exact) mass is 230 g/mol. The predicted octanol–water partition coefficient (Wildman–Crippen LogP) is 4.83. The van der Waals surface area contributed by atoms with Crippen molar-refractivity contribution in [1.29, 1.82) is 0 Å². The average Bonchev–Trinajstić information content (AvgIpc) is 2.01. The molecule has 0 fully saturated rings. The van der Waals surface area contributed by atoms with Gasteiger partial charge in [-0.3, -0.25) is 0 Å². The first-order valence-corrected chi connectivity index (χ1v) is 9.07. The molecule has 0 amide bonds. The van der Waals surface area contributed by atoms with E-state index in [1.54, 1.807) is 0 Å². The molecule has 0 heterocycles. The fourth-order valence-electron chi connectivity index (χ4n) is 0.976. The lowest BCUT2D eigenvalue weighted by Gasteiger charge is -2.37. The molecule has 0 spiro atoms. The van der Waals surface area contributed by atoms with Crippen LogP contribution in [-0.2, 0) is 4.43 Å². The smallest absolute Gasteiger partial charge is 0.191 e. The van der Waals surface area contributed by atoms with E-state index in [9.17, 15) is 0 Å². The van der Waals surface area contributed by atoms with E-state index in [1.165, 1.54) is 12.8 Å². The molecule has 0 aliphatic rings. The summed E-state index contributed by atoms with van der Waals surface area (Å²) in [6.45, 7) is 19.4. The highest BCUT2D eigenvalue weighted by molar-refractivity contribution is 6.74. The minimum Gasteiger partial charge on any atom is -0.417 e. The molecule has 2 heteroatoms. The third kappa shape index (κ3) is 5.16. The summed E-state index contributed by atoms with van der Waals surface area (Å²) in [5.74, 6) is 0. The van der Waals surface area contributed by atoms with Gasteiger partial charge in [0.2, 0.25) is 0 Å². The highest BCUT2D eigenvalue weighted by atomic mass is 28.4. The van der Waals surface area contributed by atoms with E-state index in [4.69, 9.17) is 4.43 Å². The van der Waals surface area contributed by atoms with E-state index in [-0.39, 0.29) is 0 Å². The van der Waals surface area contributed by atoms with Gasteiger partial charge in [0.1, 0.15) is 0 Å². The molecule has 92 valence electrons. The Morgan fingerprint density at radius 2 is 1.47 bits per heavy atom. The number of rotatable bonds is 5. The average molecular weight is 230 g/mol. The Balaban J connectivity index is 4.07. The van der Waals surface area contributed by atoms with E-state index < -0.39 is 8.32 Å². The first-order valence-electron chi connectivity index (χ1n) is 6.16. The Bertz CT molecular complexity index is 189. The van der Waals surface area contributed by atoms with E-state index >= 15 is 0 Å². The molecule has 0 bridgehead atoms. The summed E-state index contributed by atoms with van der Waals surface area (Å²) < 4.78 is 6.17. The zero-order chi connectivity index (χ0) is 12.3. The minimum atomic E-state index is -1.52. The Kier molecular flexibility index (Phi) is 5.06. The normalized spacial score (nSPS) is 14.4. The second kappa shape index (κ2) is 5.01. The van der Waals surface area contributed by atoms with E-state index in [0.29, 0.717) is 10.5 Å². The maximum absolute atomic E-state index is 6.17. The maximum atomic E-state index is 6.17. The van der Waals surface area contributed by atoms with Crippen molar-refractivity contribution in [3.05, 3.63) is 0 Å². The molecule has 0 aromatic carbocycles. The molecule has 0 aliphatic carbocycles. The third-order valence-electron chi connectivity index (χ3n) is 4.01. The summed E-state index contributed by atoms with van der Waals surface area (Å²) in [5, 5.41) is 0.337. The van der Waals surface area contributed by atoms with Crippen LogP contribution in [0.4, 0.5) is 0 Å². The quantitative estimate of drug-likeness (QED) is 0.614. The summed E-state index contributed by atoms with van der Waals surface area (Å²) in [4.78, 5) is 0. The van der Waals surface area contributed by atoms with Gasteiger partial charge in [0, 0.05) is 6.61 Å². The first kappa shape index (κ1) is 15.2. The van der Waals surface area contributed by atoms with Crippen LogP contribution in [-0.4, -0.2) is 14.9 Å². The Morgan fingerprint density at radius 3 is 1.80 bits per heavy atom. The summed E-state index contributed by atoms with van der Waals surface area (Å²) in [5.41, 5.74) is 0.433. The van der Waals surface area contributed by atoms with Crippen LogP contribution < -0.4 is 0 Å². The Hall–Kier alpha value is 0.177. The zero-order valence-electron chi connectivity index (χ0n) is 12.0. The van der Waals surface area contributed by atoms with Crippen molar-refractivity contribution in [3.8, 4) is 0 Å². The van der Waals surface area contributed by atoms with Crippen LogP contribution in [0, 0.1) is 5.41 Å². The molecular weight excluding hydrogens is 200 g/mol. The van der Waals surface area contributed by atoms with Crippen molar-refractivity contribution >= 4 is 8.32 Å². The molecule has 1 nitrogen and oxygen atoms in total. The topological polar surface area (TPSA) is 9.23 Å². The lowest BCUT2D eigenvalue weighted by atomic mass is 9.87. The van der Waals surface area contributed by atoms with Crippen LogP contribution >= 0.6 is 0 Å². The molecule has 0 saturated carbocycles. The summed E-state index contributed by atoms with van der Waals surface area (Å²) in [6.07, 6.45) is 2.41. The molecule has 0 saturated heterocycles. The standard InChI is InChI=1S/C13H30OSi/c1-9-13(5,6)10-11-14-15(7,8)12(2,3)4/h9-11H2,1-8H3. The van der Waals surface area contributed by atoms with Gasteiger partial charge in [-0.25, -0.2) is 0 Å². The summed E-state index contributed by atoms with van der Waals surface area (Å²) >= 11 is 0. The highest BCUT2D eigenvalue weighted by Crippen LogP contribution is 2.37. The van der Waals surface area contributed by atoms with Crippen molar-refractivity contribution in [2.75, 3.05) is 6.61 Å². The molecule has 0 rings (SSSR count). The van der Waals surface area contributed by atoms with Crippen molar-refractivity contribution in [2.45, 2.75) is 72.5 Å². The number of hydrogen-bond acceptors (Lipinski definition) is 1. The van der Waals surface area contributed by atoms with E-state index in [0.717, 1.165) is 6.61 Å². The van der Waals surface area contributed by atoms with Crippen LogP contribution in [0.2, 0.25) is 18.1 Å². The third-order valence-corrected chi connectivity index (χ3v) is 8.54. The van der Waals surface area contributed by atoms with Crippen molar-refractivity contribution < 1.29 is 4.43 Å². The van der Waals surface area contributed by atoms with Gasteiger partial charge in [0.15, 0.2) is 8.32 Å². The molecule has 0 aliphatic heterocycles. The maximum Gasteiger partial charge on any atom is 0.191 e. The molecular formula is C13H30OSi. The second-order valence-electron chi connectivity index (χ2n) is 6.88. The molecule has 0 N–H and O–H groups in total. The van der Waals surface area contributed by atoms with Crippen LogP contribution in [0.25, 0.3) is 0 Å². The van der Waals surface area contributed by atoms with E-state index in [2.05, 4.69) is 54.6 Å². The van der Waals surface area contributed by atoms with Crippen molar-refractivity contribution in [3.63, 3.8) is 0 Å². The fourth-order valence-corrected chi connectivity index (χ4v) is 2.02. The second-order valence-corrected chi connectivity index (χ2v) is 11.7. The van der Waals surface area contributed by atoms with Gasteiger partial charge in [-0.2, -0.15) is 0 Å². The van der Waals surface area contributed by atoms with Crippen molar-refractivity contribution in [2.24, 2.45) is 5.41 Å². The molecule has 0 radical (unpaired) electrons. The van der Waals surface area contributed by atoms with Crippen LogP contribution in [0.5, 0.6) is 0 Å². The SMILES string of the molecule is CCC(C)(C)CCO[Si](C)(C)C(C)(C)C. The van der Waals surface area contributed by atoms with Gasteiger partial charge in [-0.1, -0.05) is 48.0 Å². The summed E-state index contributed by atoms with van der Waals surface area (Å²) in [6, 6.07) is 0. The first-order chi connectivity index (χ1) is 6.52. The lowest BCUT2D eigenvalue weighted by molar-refractivity contribution is 0.209. The highest BCUT2D eigenvalue weighted by Gasteiger charge is 2.37. The Labute approximate surface area is 97.7 Å². The largest absolute Gasteiger partial charge is 0.417 e. The van der Waals surface area contributed by atoms with Crippen LogP contribution in [0.15, 0.2) is 0 Å². The van der Waals surface area contributed by atoms with Gasteiger partial charge in [-0.05, 0) is 30.0 Å². The fraction of sp³-hybridized carbons (Fsp3) is 1.00. The van der Waals surface area contributed by atoms with Crippen molar-refractivity contribution in [1.82, 2.24) is 0 Å². The van der Waals surface area contributed by atoms with Gasteiger partial charge < -0.3 is 4.43 Å². The van der Waals surface area contributed by atoms with E-state index in [1.807, 2.05) is 0 Å².